The molecule has 8 nitrogen and oxygen atoms in total. The predicted octanol–water partition coefficient (Wildman–Crippen LogP) is 3.37. The van der Waals surface area contributed by atoms with E-state index < -0.39 is 6.04 Å². The first-order valence-corrected chi connectivity index (χ1v) is 12.7. The van der Waals surface area contributed by atoms with Crippen molar-refractivity contribution in [2.75, 3.05) is 6.54 Å². The Morgan fingerprint density at radius 2 is 1.91 bits per heavy atom. The summed E-state index contributed by atoms with van der Waals surface area (Å²) in [5.41, 5.74) is 5.37. The number of carbonyl (C=O) groups excluding carboxylic acids is 2. The Labute approximate surface area is 204 Å². The highest BCUT2D eigenvalue weighted by molar-refractivity contribution is 7.10. The minimum Gasteiger partial charge on any atom is -0.344 e. The van der Waals surface area contributed by atoms with E-state index in [0.29, 0.717) is 25.5 Å². The largest absolute Gasteiger partial charge is 0.344 e. The Kier molecular flexibility index (Phi) is 7.11. The number of amides is 2. The number of carbonyl (C=O) groups is 2. The maximum Gasteiger partial charge on any atom is 0.251 e. The highest BCUT2D eigenvalue weighted by atomic mass is 32.1. The van der Waals surface area contributed by atoms with Crippen LogP contribution < -0.4 is 5.32 Å². The zero-order valence-corrected chi connectivity index (χ0v) is 21.3. The minimum atomic E-state index is -0.518. The molecule has 1 aliphatic heterocycles. The summed E-state index contributed by atoms with van der Waals surface area (Å²) in [5, 5.41) is 9.68. The summed E-state index contributed by atoms with van der Waals surface area (Å²) >= 11 is 1.75. The smallest absolute Gasteiger partial charge is 0.251 e. The second kappa shape index (κ2) is 10.0. The molecule has 3 aromatic rings. The Balaban J connectivity index is 1.47. The molecule has 0 saturated carbocycles. The van der Waals surface area contributed by atoms with Crippen molar-refractivity contribution >= 4 is 23.2 Å². The van der Waals surface area contributed by atoms with Crippen LogP contribution in [-0.2, 0) is 29.0 Å². The second-order valence-corrected chi connectivity index (χ2v) is 9.98. The molecule has 1 unspecified atom stereocenters. The topological polar surface area (TPSA) is 93.0 Å². The van der Waals surface area contributed by atoms with Gasteiger partial charge < -0.3 is 10.2 Å². The van der Waals surface area contributed by atoms with Gasteiger partial charge >= 0.3 is 0 Å². The number of aryl methyl sites for hydroxylation is 3. The fourth-order valence-electron chi connectivity index (χ4n) is 4.54. The molecule has 4 rings (SSSR count). The van der Waals surface area contributed by atoms with Crippen molar-refractivity contribution in [2.24, 2.45) is 0 Å². The first-order chi connectivity index (χ1) is 16.3. The molecule has 1 aliphatic rings. The van der Waals surface area contributed by atoms with E-state index in [1.807, 2.05) is 45.6 Å². The molecule has 0 bridgehead atoms. The lowest BCUT2D eigenvalue weighted by molar-refractivity contribution is -0.137. The van der Waals surface area contributed by atoms with Gasteiger partial charge in [0, 0.05) is 40.6 Å². The average molecular weight is 481 g/mol. The van der Waals surface area contributed by atoms with Crippen molar-refractivity contribution in [2.45, 2.75) is 72.9 Å². The number of hydrogen-bond acceptors (Lipinski definition) is 6. The number of nitrogens with one attached hydrogen (secondary N) is 1. The van der Waals surface area contributed by atoms with Gasteiger partial charge in [-0.25, -0.2) is 14.6 Å². The van der Waals surface area contributed by atoms with Gasteiger partial charge in [0.2, 0.25) is 11.8 Å². The minimum absolute atomic E-state index is 0.000162. The molecule has 34 heavy (non-hydrogen) atoms. The van der Waals surface area contributed by atoms with Crippen molar-refractivity contribution in [1.82, 2.24) is 30.0 Å². The molecule has 2 amide bonds. The fraction of sp³-hybridized carbons (Fsp3) is 0.480. The molecule has 0 aromatic carbocycles. The van der Waals surface area contributed by atoms with Crippen molar-refractivity contribution < 1.29 is 9.59 Å². The fourth-order valence-corrected chi connectivity index (χ4v) is 5.43. The van der Waals surface area contributed by atoms with Gasteiger partial charge in [-0.1, -0.05) is 13.3 Å². The van der Waals surface area contributed by atoms with Gasteiger partial charge in [0.25, 0.3) is 5.95 Å². The molecule has 0 radical (unpaired) electrons. The Bertz CT molecular complexity index is 1190. The highest BCUT2D eigenvalue weighted by Gasteiger charge is 2.29. The summed E-state index contributed by atoms with van der Waals surface area (Å²) in [4.78, 5) is 38.6. The zero-order chi connectivity index (χ0) is 24.4. The molecule has 0 saturated heterocycles. The summed E-state index contributed by atoms with van der Waals surface area (Å²) in [5.74, 6) is 0.327. The van der Waals surface area contributed by atoms with Crippen LogP contribution in [0.3, 0.4) is 0 Å². The van der Waals surface area contributed by atoms with Crippen LogP contribution >= 0.6 is 11.3 Å². The molecule has 4 heterocycles. The van der Waals surface area contributed by atoms with Crippen LogP contribution in [0.15, 0.2) is 17.5 Å². The van der Waals surface area contributed by atoms with Crippen molar-refractivity contribution in [1.29, 1.82) is 0 Å². The molecule has 9 heteroatoms. The molecular weight excluding hydrogens is 448 g/mol. The quantitative estimate of drug-likeness (QED) is 0.560. The van der Waals surface area contributed by atoms with Gasteiger partial charge in [0.05, 0.1) is 12.1 Å². The van der Waals surface area contributed by atoms with Crippen LogP contribution in [-0.4, -0.2) is 49.0 Å². The summed E-state index contributed by atoms with van der Waals surface area (Å²) in [6, 6.07) is 3.49. The van der Waals surface area contributed by atoms with Crippen LogP contribution in [0.4, 0.5) is 0 Å². The van der Waals surface area contributed by atoms with Crippen molar-refractivity contribution in [3.05, 3.63) is 56.3 Å². The number of hydrogen-bond donors (Lipinski definition) is 1. The highest BCUT2D eigenvalue weighted by Crippen LogP contribution is 2.25. The third kappa shape index (κ3) is 5.04. The van der Waals surface area contributed by atoms with Gasteiger partial charge in [-0.2, -0.15) is 5.10 Å². The Morgan fingerprint density at radius 1 is 1.18 bits per heavy atom. The molecule has 3 aromatic heterocycles. The van der Waals surface area contributed by atoms with E-state index >= 15 is 0 Å². The SMILES string of the molecule is CCCC(NC(=O)Cc1c(C)nn(-c2nc(C)cc(C)n2)c1C)C(=O)N1CCc2sccc2C1. The van der Waals surface area contributed by atoms with E-state index in [2.05, 4.69) is 31.8 Å². The maximum absolute atomic E-state index is 13.3. The molecular formula is C25H32N6O2S. The van der Waals surface area contributed by atoms with Crippen LogP contribution in [0.1, 0.15) is 58.5 Å². The molecule has 0 spiro atoms. The number of rotatable bonds is 7. The van der Waals surface area contributed by atoms with Crippen LogP contribution in [0.25, 0.3) is 5.95 Å². The number of thiophene rings is 1. The van der Waals surface area contributed by atoms with E-state index in [-0.39, 0.29) is 18.2 Å². The molecule has 180 valence electrons. The molecule has 0 aliphatic carbocycles. The van der Waals surface area contributed by atoms with Gasteiger partial charge in [-0.3, -0.25) is 9.59 Å². The van der Waals surface area contributed by atoms with E-state index in [1.165, 1.54) is 10.4 Å². The van der Waals surface area contributed by atoms with Gasteiger partial charge in [-0.05, 0) is 63.6 Å². The van der Waals surface area contributed by atoms with E-state index in [4.69, 9.17) is 0 Å². The van der Waals surface area contributed by atoms with Gasteiger partial charge in [0.1, 0.15) is 6.04 Å². The van der Waals surface area contributed by atoms with Crippen molar-refractivity contribution in [3.63, 3.8) is 0 Å². The van der Waals surface area contributed by atoms with Gasteiger partial charge in [0.15, 0.2) is 0 Å². The van der Waals surface area contributed by atoms with Crippen LogP contribution in [0.2, 0.25) is 0 Å². The number of fused-ring (bicyclic) bond motifs is 1. The lowest BCUT2D eigenvalue weighted by atomic mass is 10.1. The normalized spacial score (nSPS) is 14.1. The lowest BCUT2D eigenvalue weighted by Gasteiger charge is -2.31. The average Bonchev–Trinajstić information content (AvgIpc) is 3.37. The zero-order valence-electron chi connectivity index (χ0n) is 20.5. The predicted molar refractivity (Wildman–Crippen MR) is 132 cm³/mol. The Hall–Kier alpha value is -3.07. The summed E-state index contributed by atoms with van der Waals surface area (Å²) < 4.78 is 1.69. The van der Waals surface area contributed by atoms with Crippen LogP contribution in [0.5, 0.6) is 0 Å². The maximum atomic E-state index is 13.3. The van der Waals surface area contributed by atoms with E-state index in [9.17, 15) is 9.59 Å². The second-order valence-electron chi connectivity index (χ2n) is 8.98. The van der Waals surface area contributed by atoms with E-state index in [0.717, 1.165) is 41.2 Å². The summed E-state index contributed by atoms with van der Waals surface area (Å²) in [6.45, 7) is 11.0. The monoisotopic (exact) mass is 480 g/mol. The third-order valence-corrected chi connectivity index (χ3v) is 7.29. The first-order valence-electron chi connectivity index (χ1n) is 11.8. The van der Waals surface area contributed by atoms with Gasteiger partial charge in [-0.15, -0.1) is 11.3 Å². The van der Waals surface area contributed by atoms with E-state index in [1.54, 1.807) is 16.0 Å². The standard InChI is InChI=1S/C25H32N6O2S/c1-6-7-21(24(33)30-10-8-22-19(14-30)9-11-34-22)28-23(32)13-20-17(4)29-31(18(20)5)25-26-15(2)12-16(3)27-25/h9,11-12,21H,6-8,10,13-14H2,1-5H3,(H,28,32). The molecule has 0 fully saturated rings. The lowest BCUT2D eigenvalue weighted by Crippen LogP contribution is -2.50. The third-order valence-electron chi connectivity index (χ3n) is 6.27. The summed E-state index contributed by atoms with van der Waals surface area (Å²) in [6.07, 6.45) is 2.47. The summed E-state index contributed by atoms with van der Waals surface area (Å²) in [7, 11) is 0. The number of nitrogens with zero attached hydrogens (tertiary/aromatic N) is 5. The van der Waals surface area contributed by atoms with Crippen molar-refractivity contribution in [3.8, 4) is 5.95 Å². The first kappa shape index (κ1) is 24.1. The molecule has 1 N–H and O–H groups in total. The molecule has 1 atom stereocenters. The number of aromatic nitrogens is 4. The Morgan fingerprint density at radius 3 is 2.62 bits per heavy atom. The van der Waals surface area contributed by atoms with Crippen LogP contribution in [0, 0.1) is 27.7 Å².